The van der Waals surface area contributed by atoms with E-state index in [4.69, 9.17) is 0 Å². The number of benzene rings is 2. The predicted octanol–water partition coefficient (Wildman–Crippen LogP) is 2.64. The van der Waals surface area contributed by atoms with Crippen molar-refractivity contribution in [2.75, 3.05) is 7.05 Å². The monoisotopic (exact) mass is 397 g/mol. The van der Waals surface area contributed by atoms with Crippen molar-refractivity contribution in [1.82, 2.24) is 15.0 Å². The third kappa shape index (κ3) is 4.55. The van der Waals surface area contributed by atoms with Crippen LogP contribution in [0.4, 0.5) is 0 Å². The van der Waals surface area contributed by atoms with Gasteiger partial charge >= 0.3 is 0 Å². The van der Waals surface area contributed by atoms with Gasteiger partial charge in [-0.05, 0) is 42.1 Å². The van der Waals surface area contributed by atoms with Crippen molar-refractivity contribution in [3.05, 3.63) is 72.1 Å². The SMILES string of the molecule is CNS(=O)(=O)c1cccc(CNC(=O)[C@@H](C)Cc2cncc3ccccc23)c1. The van der Waals surface area contributed by atoms with Crippen molar-refractivity contribution in [2.24, 2.45) is 5.92 Å². The number of nitrogens with one attached hydrogen (secondary N) is 2. The molecule has 3 aromatic rings. The highest BCUT2D eigenvalue weighted by atomic mass is 32.2. The molecule has 7 heteroatoms. The molecule has 0 aliphatic carbocycles. The molecule has 0 aliphatic heterocycles. The average Bonchev–Trinajstić information content (AvgIpc) is 2.72. The van der Waals surface area contributed by atoms with Crippen molar-refractivity contribution in [1.29, 1.82) is 0 Å². The molecule has 2 N–H and O–H groups in total. The lowest BCUT2D eigenvalue weighted by atomic mass is 9.97. The Morgan fingerprint density at radius 1 is 1.11 bits per heavy atom. The van der Waals surface area contributed by atoms with E-state index < -0.39 is 10.0 Å². The summed E-state index contributed by atoms with van der Waals surface area (Å²) >= 11 is 0. The standard InChI is InChI=1S/C21H23N3O3S/c1-15(10-18-14-23-13-17-7-3-4-9-20(17)18)21(25)24-12-16-6-5-8-19(11-16)28(26,27)22-2/h3-9,11,13-15,22H,10,12H2,1-2H3,(H,24,25)/t15-/m0/s1. The van der Waals surface area contributed by atoms with Crippen LogP contribution in [0.2, 0.25) is 0 Å². The maximum atomic E-state index is 12.5. The van der Waals surface area contributed by atoms with Crippen LogP contribution in [-0.4, -0.2) is 26.4 Å². The lowest BCUT2D eigenvalue weighted by molar-refractivity contribution is -0.124. The average molecular weight is 398 g/mol. The number of rotatable bonds is 7. The Kier molecular flexibility index (Phi) is 6.06. The number of carbonyl (C=O) groups is 1. The van der Waals surface area contributed by atoms with Gasteiger partial charge < -0.3 is 5.32 Å². The van der Waals surface area contributed by atoms with Crippen molar-refractivity contribution in [2.45, 2.75) is 24.8 Å². The van der Waals surface area contributed by atoms with Gasteiger partial charge in [-0.25, -0.2) is 13.1 Å². The second-order valence-corrected chi connectivity index (χ2v) is 8.58. The van der Waals surface area contributed by atoms with Crippen molar-refractivity contribution >= 4 is 26.7 Å². The Hall–Kier alpha value is -2.77. The molecule has 0 saturated carbocycles. The molecule has 3 rings (SSSR count). The number of carbonyl (C=O) groups excluding carboxylic acids is 1. The quantitative estimate of drug-likeness (QED) is 0.642. The number of nitrogens with zero attached hydrogens (tertiary/aromatic N) is 1. The summed E-state index contributed by atoms with van der Waals surface area (Å²) < 4.78 is 26.1. The number of aromatic nitrogens is 1. The second kappa shape index (κ2) is 8.50. The molecule has 1 atom stereocenters. The van der Waals surface area contributed by atoms with Gasteiger partial charge in [-0.1, -0.05) is 43.3 Å². The molecular formula is C21H23N3O3S. The number of sulfonamides is 1. The molecule has 0 aliphatic rings. The minimum Gasteiger partial charge on any atom is -0.352 e. The van der Waals surface area contributed by atoms with Crippen LogP contribution in [-0.2, 0) is 27.8 Å². The molecule has 0 fully saturated rings. The van der Waals surface area contributed by atoms with Gasteiger partial charge in [-0.2, -0.15) is 0 Å². The van der Waals surface area contributed by atoms with E-state index in [1.54, 1.807) is 24.4 Å². The topological polar surface area (TPSA) is 88.2 Å². The van der Waals surface area contributed by atoms with Gasteiger partial charge in [0, 0.05) is 30.2 Å². The van der Waals surface area contributed by atoms with Gasteiger partial charge in [-0.15, -0.1) is 0 Å². The van der Waals surface area contributed by atoms with Gasteiger partial charge in [0.05, 0.1) is 4.90 Å². The van der Waals surface area contributed by atoms with E-state index in [-0.39, 0.29) is 23.3 Å². The first-order chi connectivity index (χ1) is 13.4. The van der Waals surface area contributed by atoms with E-state index in [2.05, 4.69) is 15.0 Å². The first-order valence-electron chi connectivity index (χ1n) is 9.02. The Bertz CT molecular complexity index is 1090. The molecule has 28 heavy (non-hydrogen) atoms. The Morgan fingerprint density at radius 2 is 1.89 bits per heavy atom. The van der Waals surface area contributed by atoms with E-state index in [9.17, 15) is 13.2 Å². The van der Waals surface area contributed by atoms with Crippen molar-refractivity contribution in [3.63, 3.8) is 0 Å². The summed E-state index contributed by atoms with van der Waals surface area (Å²) in [6.07, 6.45) is 4.20. The van der Waals surface area contributed by atoms with Gasteiger partial charge in [0.25, 0.3) is 0 Å². The van der Waals surface area contributed by atoms with Gasteiger partial charge in [0.2, 0.25) is 15.9 Å². The first kappa shape index (κ1) is 20.0. The van der Waals surface area contributed by atoms with Crippen molar-refractivity contribution < 1.29 is 13.2 Å². The third-order valence-corrected chi connectivity index (χ3v) is 6.08. The van der Waals surface area contributed by atoms with E-state index in [0.29, 0.717) is 6.42 Å². The summed E-state index contributed by atoms with van der Waals surface area (Å²) in [7, 11) is -2.14. The summed E-state index contributed by atoms with van der Waals surface area (Å²) in [6.45, 7) is 2.14. The summed E-state index contributed by atoms with van der Waals surface area (Å²) in [6, 6.07) is 14.5. The van der Waals surface area contributed by atoms with Gasteiger partial charge in [0.1, 0.15) is 0 Å². The van der Waals surface area contributed by atoms with Crippen LogP contribution in [0.3, 0.4) is 0 Å². The zero-order valence-electron chi connectivity index (χ0n) is 15.8. The fourth-order valence-corrected chi connectivity index (χ4v) is 3.87. The number of pyridine rings is 1. The maximum absolute atomic E-state index is 12.5. The zero-order chi connectivity index (χ0) is 20.1. The second-order valence-electron chi connectivity index (χ2n) is 6.70. The van der Waals surface area contributed by atoms with Crippen LogP contribution in [0, 0.1) is 5.92 Å². The Balaban J connectivity index is 1.66. The smallest absolute Gasteiger partial charge is 0.240 e. The summed E-state index contributed by atoms with van der Waals surface area (Å²) in [5, 5.41) is 5.04. The molecule has 0 radical (unpaired) electrons. The largest absolute Gasteiger partial charge is 0.352 e. The minimum atomic E-state index is -3.51. The highest BCUT2D eigenvalue weighted by Gasteiger charge is 2.16. The molecular weight excluding hydrogens is 374 g/mol. The number of amides is 1. The van der Waals surface area contributed by atoms with Crippen LogP contribution < -0.4 is 10.0 Å². The molecule has 1 amide bonds. The summed E-state index contributed by atoms with van der Waals surface area (Å²) in [5.41, 5.74) is 1.76. The van der Waals surface area contributed by atoms with Crippen molar-refractivity contribution in [3.8, 4) is 0 Å². The Morgan fingerprint density at radius 3 is 2.68 bits per heavy atom. The minimum absolute atomic E-state index is 0.0881. The third-order valence-electron chi connectivity index (χ3n) is 4.67. The molecule has 0 unspecified atom stereocenters. The van der Waals surface area contributed by atoms with E-state index in [0.717, 1.165) is 21.9 Å². The number of hydrogen-bond acceptors (Lipinski definition) is 4. The van der Waals surface area contributed by atoms with Gasteiger partial charge in [-0.3, -0.25) is 9.78 Å². The predicted molar refractivity (Wildman–Crippen MR) is 109 cm³/mol. The van der Waals surface area contributed by atoms with Crippen LogP contribution in [0.25, 0.3) is 10.8 Å². The highest BCUT2D eigenvalue weighted by Crippen LogP contribution is 2.20. The van der Waals surface area contributed by atoms with Crippen LogP contribution in [0.5, 0.6) is 0 Å². The van der Waals surface area contributed by atoms with E-state index in [1.165, 1.54) is 13.1 Å². The fourth-order valence-electron chi connectivity index (χ4n) is 3.07. The molecule has 0 bridgehead atoms. The summed E-state index contributed by atoms with van der Waals surface area (Å²) in [5.74, 6) is -0.327. The van der Waals surface area contributed by atoms with E-state index >= 15 is 0 Å². The van der Waals surface area contributed by atoms with E-state index in [1.807, 2.05) is 37.4 Å². The lowest BCUT2D eigenvalue weighted by Crippen LogP contribution is -2.30. The molecule has 2 aromatic carbocycles. The molecule has 0 saturated heterocycles. The van der Waals surface area contributed by atoms with Crippen LogP contribution in [0.1, 0.15) is 18.1 Å². The molecule has 1 aromatic heterocycles. The number of hydrogen-bond donors (Lipinski definition) is 2. The molecule has 0 spiro atoms. The highest BCUT2D eigenvalue weighted by molar-refractivity contribution is 7.89. The molecule has 6 nitrogen and oxygen atoms in total. The number of fused-ring (bicyclic) bond motifs is 1. The zero-order valence-corrected chi connectivity index (χ0v) is 16.7. The molecule has 1 heterocycles. The Labute approximate surface area is 165 Å². The maximum Gasteiger partial charge on any atom is 0.240 e. The van der Waals surface area contributed by atoms with Crippen LogP contribution >= 0.6 is 0 Å². The first-order valence-corrected chi connectivity index (χ1v) is 10.5. The lowest BCUT2D eigenvalue weighted by Gasteiger charge is -2.14. The molecule has 146 valence electrons. The normalized spacial score (nSPS) is 12.6. The fraction of sp³-hybridized carbons (Fsp3) is 0.238. The summed E-state index contributed by atoms with van der Waals surface area (Å²) in [4.78, 5) is 17.0. The van der Waals surface area contributed by atoms with Crippen LogP contribution in [0.15, 0.2) is 65.8 Å². The van der Waals surface area contributed by atoms with Gasteiger partial charge in [0.15, 0.2) is 0 Å².